The maximum Gasteiger partial charge on any atom is 0.412 e. The van der Waals surface area contributed by atoms with Crippen molar-refractivity contribution in [2.75, 3.05) is 46.0 Å². The number of amides is 1. The molecule has 0 bridgehead atoms. The van der Waals surface area contributed by atoms with Gasteiger partial charge < -0.3 is 14.8 Å². The maximum atomic E-state index is 14.8. The molecule has 2 aliphatic heterocycles. The summed E-state index contributed by atoms with van der Waals surface area (Å²) >= 11 is 0. The second-order valence-corrected chi connectivity index (χ2v) is 16.5. The second-order valence-electron chi connectivity index (χ2n) is 14.0. The fourth-order valence-electron chi connectivity index (χ4n) is 7.32. The van der Waals surface area contributed by atoms with Gasteiger partial charge in [0.2, 0.25) is 0 Å². The summed E-state index contributed by atoms with van der Waals surface area (Å²) in [6.07, 6.45) is -3.21. The van der Waals surface area contributed by atoms with Crippen LogP contribution in [0.2, 0.25) is 0 Å². The average molecular weight is 771 g/mol. The molecule has 0 spiro atoms. The number of fused-ring (bicyclic) bond motifs is 1. The molecule has 2 saturated heterocycles. The van der Waals surface area contributed by atoms with Crippen LogP contribution in [0.4, 0.5) is 17.6 Å². The fourth-order valence-corrected chi connectivity index (χ4v) is 8.51. The molecule has 290 valence electrons. The highest BCUT2D eigenvalue weighted by Gasteiger charge is 2.43. The van der Waals surface area contributed by atoms with Gasteiger partial charge in [-0.05, 0) is 70.0 Å². The Labute approximate surface area is 313 Å². The number of nitrogens with one attached hydrogen (secondary N) is 1. The van der Waals surface area contributed by atoms with E-state index in [-0.39, 0.29) is 51.5 Å². The number of morpholine rings is 1. The molecule has 6 rings (SSSR count). The lowest BCUT2D eigenvalue weighted by Gasteiger charge is -2.40. The predicted octanol–water partition coefficient (Wildman–Crippen LogP) is 7.28. The molecule has 3 aromatic carbocycles. The Kier molecular flexibility index (Phi) is 12.3. The molecule has 14 heteroatoms. The zero-order valence-electron chi connectivity index (χ0n) is 30.7. The Balaban J connectivity index is 1.57. The highest BCUT2D eigenvalue weighted by Crippen LogP contribution is 2.39. The molecular weight excluding hydrogens is 725 g/mol. The number of rotatable bonds is 12. The van der Waals surface area contributed by atoms with Gasteiger partial charge in [0.15, 0.2) is 15.9 Å². The quantitative estimate of drug-likeness (QED) is 0.150. The van der Waals surface area contributed by atoms with Crippen LogP contribution in [0.15, 0.2) is 71.6 Å². The zero-order valence-corrected chi connectivity index (χ0v) is 31.5. The number of pyridine rings is 1. The number of aromatic nitrogens is 1. The lowest BCUT2D eigenvalue weighted by molar-refractivity contribution is -0.155. The Hall–Kier alpha value is -4.11. The van der Waals surface area contributed by atoms with Crippen LogP contribution >= 0.6 is 0 Å². The van der Waals surface area contributed by atoms with E-state index in [4.69, 9.17) is 14.5 Å². The first-order chi connectivity index (χ1) is 25.8. The molecule has 9 nitrogen and oxygen atoms in total. The van der Waals surface area contributed by atoms with Crippen molar-refractivity contribution >= 4 is 26.6 Å². The molecule has 1 amide bonds. The van der Waals surface area contributed by atoms with Crippen molar-refractivity contribution in [3.8, 4) is 17.0 Å². The van der Waals surface area contributed by atoms with Gasteiger partial charge in [-0.15, -0.1) is 0 Å². The minimum absolute atomic E-state index is 0.0106. The average Bonchev–Trinajstić information content (AvgIpc) is 3.17. The Morgan fingerprint density at radius 1 is 1.00 bits per heavy atom. The lowest BCUT2D eigenvalue weighted by atomic mass is 9.93. The standard InChI is InChI=1S/C40H46F4N4O5S/c1-4-53-34-23-33-31(22-35(34)54(50,51)26(2)3)36(39(49)46-38(40(42,43)44)28-10-6-5-7-11-28)32(37(45-33)29-12-8-9-27(21-29)24-41)25-47-15-13-30(14-16-47)48-17-19-52-20-18-48/h5-12,21-23,26,30,38H,4,13-20,24-25H2,1-3H3,(H,46,49)/t38-/m1/s1. The molecule has 3 heterocycles. The summed E-state index contributed by atoms with van der Waals surface area (Å²) in [6.45, 7) is 8.49. The zero-order chi connectivity index (χ0) is 38.6. The predicted molar refractivity (Wildman–Crippen MR) is 199 cm³/mol. The number of hydrogen-bond acceptors (Lipinski definition) is 8. The SMILES string of the molecule is CCOc1cc2nc(-c3cccc(CF)c3)c(CN3CCC(N4CCOCC4)CC3)c(C(=O)N[C@H](c3ccccc3)C(F)(F)F)c2cc1S(=O)(=O)C(C)C. The van der Waals surface area contributed by atoms with Crippen LogP contribution < -0.4 is 10.1 Å². The molecule has 4 aromatic rings. The molecule has 0 unspecified atom stereocenters. The summed E-state index contributed by atoms with van der Waals surface area (Å²) in [7, 11) is -4.01. The normalized spacial score (nSPS) is 17.2. The molecular formula is C40H46F4N4O5S. The fraction of sp³-hybridized carbons (Fsp3) is 0.450. The van der Waals surface area contributed by atoms with E-state index in [1.807, 2.05) is 0 Å². The minimum Gasteiger partial charge on any atom is -0.492 e. The first kappa shape index (κ1) is 39.6. The summed E-state index contributed by atoms with van der Waals surface area (Å²) in [4.78, 5) is 24.0. The van der Waals surface area contributed by atoms with Crippen LogP contribution in [0.3, 0.4) is 0 Å². The third-order valence-corrected chi connectivity index (χ3v) is 12.4. The van der Waals surface area contributed by atoms with E-state index < -0.39 is 39.9 Å². The van der Waals surface area contributed by atoms with Gasteiger partial charge in [-0.2, -0.15) is 13.2 Å². The van der Waals surface area contributed by atoms with Crippen molar-refractivity contribution in [2.24, 2.45) is 0 Å². The molecule has 1 aromatic heterocycles. The van der Waals surface area contributed by atoms with Gasteiger partial charge in [0.25, 0.3) is 5.91 Å². The van der Waals surface area contributed by atoms with E-state index >= 15 is 0 Å². The smallest absolute Gasteiger partial charge is 0.412 e. The number of hydrogen-bond donors (Lipinski definition) is 1. The largest absolute Gasteiger partial charge is 0.492 e. The highest BCUT2D eigenvalue weighted by atomic mass is 32.2. The van der Waals surface area contributed by atoms with Crippen LogP contribution in [-0.4, -0.2) is 92.6 Å². The van der Waals surface area contributed by atoms with Crippen LogP contribution in [0.1, 0.15) is 66.7 Å². The Bertz CT molecular complexity index is 2050. The van der Waals surface area contributed by atoms with Crippen molar-refractivity contribution in [1.82, 2.24) is 20.1 Å². The number of benzene rings is 3. The van der Waals surface area contributed by atoms with Gasteiger partial charge in [-0.25, -0.2) is 17.8 Å². The number of likely N-dealkylation sites (tertiary alicyclic amines) is 1. The first-order valence-electron chi connectivity index (χ1n) is 18.3. The number of sulfone groups is 1. The van der Waals surface area contributed by atoms with Crippen LogP contribution in [0.25, 0.3) is 22.2 Å². The summed E-state index contributed by atoms with van der Waals surface area (Å²) < 4.78 is 97.2. The van der Waals surface area contributed by atoms with E-state index in [0.717, 1.165) is 25.9 Å². The Morgan fingerprint density at radius 2 is 1.70 bits per heavy atom. The van der Waals surface area contributed by atoms with Gasteiger partial charge in [-0.3, -0.25) is 14.6 Å². The van der Waals surface area contributed by atoms with Crippen molar-refractivity contribution in [3.63, 3.8) is 0 Å². The van der Waals surface area contributed by atoms with E-state index in [9.17, 15) is 30.8 Å². The molecule has 1 atom stereocenters. The second kappa shape index (κ2) is 16.7. The van der Waals surface area contributed by atoms with E-state index in [2.05, 4.69) is 15.1 Å². The summed E-state index contributed by atoms with van der Waals surface area (Å²) in [5.74, 6) is -1.04. The number of alkyl halides is 4. The number of piperidine rings is 1. The van der Waals surface area contributed by atoms with Crippen LogP contribution in [0.5, 0.6) is 5.75 Å². The van der Waals surface area contributed by atoms with E-state index in [1.54, 1.807) is 37.3 Å². The van der Waals surface area contributed by atoms with Gasteiger partial charge in [-0.1, -0.05) is 48.5 Å². The third-order valence-electron chi connectivity index (χ3n) is 10.2. The molecule has 0 saturated carbocycles. The van der Waals surface area contributed by atoms with Gasteiger partial charge in [0, 0.05) is 48.3 Å². The summed E-state index contributed by atoms with van der Waals surface area (Å²) in [6, 6.07) is 14.4. The van der Waals surface area contributed by atoms with Gasteiger partial charge >= 0.3 is 6.18 Å². The monoisotopic (exact) mass is 770 g/mol. The number of halogens is 4. The number of carbonyl (C=O) groups excluding carboxylic acids is 1. The van der Waals surface area contributed by atoms with Crippen molar-refractivity contribution in [2.45, 2.75) is 75.2 Å². The van der Waals surface area contributed by atoms with Crippen LogP contribution in [0, 0.1) is 0 Å². The Morgan fingerprint density at radius 3 is 2.33 bits per heavy atom. The number of carbonyl (C=O) groups is 1. The summed E-state index contributed by atoms with van der Waals surface area (Å²) in [5, 5.41) is 1.45. The van der Waals surface area contributed by atoms with Gasteiger partial charge in [0.05, 0.1) is 41.8 Å². The lowest BCUT2D eigenvalue weighted by Crippen LogP contribution is -2.48. The van der Waals surface area contributed by atoms with Gasteiger partial charge in [0.1, 0.15) is 17.3 Å². The van der Waals surface area contributed by atoms with Crippen LogP contribution in [-0.2, 0) is 27.8 Å². The molecule has 0 radical (unpaired) electrons. The topological polar surface area (TPSA) is 101 Å². The molecule has 2 aliphatic rings. The maximum absolute atomic E-state index is 14.8. The number of ether oxygens (including phenoxy) is 2. The number of nitrogens with zero attached hydrogens (tertiary/aromatic N) is 3. The van der Waals surface area contributed by atoms with Crippen molar-refractivity contribution in [1.29, 1.82) is 0 Å². The first-order valence-corrected chi connectivity index (χ1v) is 19.9. The summed E-state index contributed by atoms with van der Waals surface area (Å²) in [5.41, 5.74) is 1.25. The van der Waals surface area contributed by atoms with Crippen molar-refractivity contribution < 1.29 is 40.2 Å². The van der Waals surface area contributed by atoms with E-state index in [1.165, 1.54) is 50.2 Å². The third kappa shape index (κ3) is 8.56. The van der Waals surface area contributed by atoms with E-state index in [0.29, 0.717) is 49.0 Å². The highest BCUT2D eigenvalue weighted by molar-refractivity contribution is 7.92. The molecule has 54 heavy (non-hydrogen) atoms. The molecule has 0 aliphatic carbocycles. The molecule has 2 fully saturated rings. The minimum atomic E-state index is -4.87. The molecule has 1 N–H and O–H groups in total. The van der Waals surface area contributed by atoms with Crippen molar-refractivity contribution in [3.05, 3.63) is 89.0 Å².